The molecule has 92 valence electrons. The topological polar surface area (TPSA) is 51.8 Å². The molecule has 3 rings (SSSR count). The highest BCUT2D eigenvalue weighted by Crippen LogP contribution is 2.15. The SMILES string of the molecule is C(/C=C/c1nc2ccccc2o1)=C\c1cnccn1. The van der Waals surface area contributed by atoms with Gasteiger partial charge in [0, 0.05) is 18.5 Å². The van der Waals surface area contributed by atoms with Crippen LogP contribution in [0, 0.1) is 0 Å². The first-order chi connectivity index (χ1) is 9.42. The molecule has 2 aromatic heterocycles. The first-order valence-electron chi connectivity index (χ1n) is 5.88. The summed E-state index contributed by atoms with van der Waals surface area (Å²) in [4.78, 5) is 12.5. The minimum atomic E-state index is 0.588. The lowest BCUT2D eigenvalue weighted by atomic mass is 10.3. The number of allylic oxidation sites excluding steroid dienone is 2. The summed E-state index contributed by atoms with van der Waals surface area (Å²) >= 11 is 0. The van der Waals surface area contributed by atoms with E-state index >= 15 is 0 Å². The van der Waals surface area contributed by atoms with Gasteiger partial charge in [-0.1, -0.05) is 24.3 Å². The molecule has 4 nitrogen and oxygen atoms in total. The summed E-state index contributed by atoms with van der Waals surface area (Å²) in [6, 6.07) is 7.68. The Morgan fingerprint density at radius 3 is 2.74 bits per heavy atom. The number of nitrogens with zero attached hydrogens (tertiary/aromatic N) is 3. The Morgan fingerprint density at radius 2 is 1.89 bits per heavy atom. The van der Waals surface area contributed by atoms with Crippen molar-refractivity contribution >= 4 is 23.3 Å². The Bertz CT molecular complexity index is 696. The zero-order chi connectivity index (χ0) is 12.9. The highest BCUT2D eigenvalue weighted by molar-refractivity contribution is 5.73. The average molecular weight is 249 g/mol. The minimum absolute atomic E-state index is 0.588. The lowest BCUT2D eigenvalue weighted by Gasteiger charge is -1.86. The van der Waals surface area contributed by atoms with Gasteiger partial charge in [-0.05, 0) is 18.2 Å². The van der Waals surface area contributed by atoms with Gasteiger partial charge in [-0.15, -0.1) is 0 Å². The van der Waals surface area contributed by atoms with Crippen molar-refractivity contribution in [2.24, 2.45) is 0 Å². The molecule has 0 amide bonds. The molecule has 0 fully saturated rings. The molecule has 0 saturated heterocycles. The maximum atomic E-state index is 5.56. The Labute approximate surface area is 110 Å². The van der Waals surface area contributed by atoms with Crippen molar-refractivity contribution in [2.75, 3.05) is 0 Å². The third-order valence-corrected chi connectivity index (χ3v) is 2.51. The van der Waals surface area contributed by atoms with E-state index in [1.807, 2.05) is 48.6 Å². The van der Waals surface area contributed by atoms with Crippen LogP contribution in [-0.2, 0) is 0 Å². The van der Waals surface area contributed by atoms with Gasteiger partial charge in [-0.3, -0.25) is 9.97 Å². The third-order valence-electron chi connectivity index (χ3n) is 2.51. The molecule has 0 atom stereocenters. The van der Waals surface area contributed by atoms with Crippen molar-refractivity contribution < 1.29 is 4.42 Å². The van der Waals surface area contributed by atoms with Crippen LogP contribution in [0.4, 0.5) is 0 Å². The van der Waals surface area contributed by atoms with E-state index in [9.17, 15) is 0 Å². The van der Waals surface area contributed by atoms with Crippen LogP contribution in [0.2, 0.25) is 0 Å². The quantitative estimate of drug-likeness (QED) is 0.668. The van der Waals surface area contributed by atoms with E-state index in [1.165, 1.54) is 0 Å². The number of benzene rings is 1. The molecule has 0 radical (unpaired) electrons. The largest absolute Gasteiger partial charge is 0.437 e. The Hall–Kier alpha value is -2.75. The van der Waals surface area contributed by atoms with Crippen LogP contribution in [0.15, 0.2) is 59.4 Å². The van der Waals surface area contributed by atoms with E-state index in [2.05, 4.69) is 15.0 Å². The van der Waals surface area contributed by atoms with Gasteiger partial charge >= 0.3 is 0 Å². The number of rotatable bonds is 3. The molecule has 0 aliphatic heterocycles. The average Bonchev–Trinajstić information content (AvgIpc) is 2.87. The Morgan fingerprint density at radius 1 is 1.00 bits per heavy atom. The van der Waals surface area contributed by atoms with Crippen LogP contribution in [-0.4, -0.2) is 15.0 Å². The number of para-hydroxylation sites is 2. The van der Waals surface area contributed by atoms with Gasteiger partial charge in [0.15, 0.2) is 5.58 Å². The van der Waals surface area contributed by atoms with Crippen molar-refractivity contribution in [3.05, 3.63) is 66.6 Å². The molecule has 1 aromatic carbocycles. The lowest BCUT2D eigenvalue weighted by Crippen LogP contribution is -1.79. The maximum Gasteiger partial charge on any atom is 0.219 e. The van der Waals surface area contributed by atoms with Crippen LogP contribution < -0.4 is 0 Å². The highest BCUT2D eigenvalue weighted by atomic mass is 16.3. The molecule has 2 heterocycles. The molecule has 19 heavy (non-hydrogen) atoms. The van der Waals surface area contributed by atoms with E-state index < -0.39 is 0 Å². The first-order valence-corrected chi connectivity index (χ1v) is 5.88. The number of aromatic nitrogens is 3. The number of fused-ring (bicyclic) bond motifs is 1. The van der Waals surface area contributed by atoms with E-state index in [-0.39, 0.29) is 0 Å². The normalized spacial score (nSPS) is 11.8. The summed E-state index contributed by atoms with van der Waals surface area (Å²) in [6.07, 6.45) is 12.4. The predicted octanol–water partition coefficient (Wildman–Crippen LogP) is 3.34. The molecular formula is C15H11N3O. The maximum absolute atomic E-state index is 5.56. The van der Waals surface area contributed by atoms with Gasteiger partial charge < -0.3 is 4.42 Å². The number of hydrogen-bond donors (Lipinski definition) is 0. The van der Waals surface area contributed by atoms with Crippen LogP contribution in [0.3, 0.4) is 0 Å². The van der Waals surface area contributed by atoms with Crippen molar-refractivity contribution in [2.45, 2.75) is 0 Å². The van der Waals surface area contributed by atoms with E-state index in [4.69, 9.17) is 4.42 Å². The summed E-state index contributed by atoms with van der Waals surface area (Å²) in [5.41, 5.74) is 2.46. The van der Waals surface area contributed by atoms with Crippen LogP contribution in [0.1, 0.15) is 11.6 Å². The summed E-state index contributed by atoms with van der Waals surface area (Å²) in [5.74, 6) is 0.588. The number of hydrogen-bond acceptors (Lipinski definition) is 4. The van der Waals surface area contributed by atoms with Crippen LogP contribution in [0.5, 0.6) is 0 Å². The summed E-state index contributed by atoms with van der Waals surface area (Å²) in [6.45, 7) is 0. The van der Waals surface area contributed by atoms with E-state index in [0.29, 0.717) is 5.89 Å². The van der Waals surface area contributed by atoms with E-state index in [0.717, 1.165) is 16.8 Å². The number of oxazole rings is 1. The van der Waals surface area contributed by atoms with Gasteiger partial charge in [-0.2, -0.15) is 0 Å². The van der Waals surface area contributed by atoms with Crippen LogP contribution >= 0.6 is 0 Å². The van der Waals surface area contributed by atoms with Crippen molar-refractivity contribution in [1.29, 1.82) is 0 Å². The molecule has 0 unspecified atom stereocenters. The summed E-state index contributed by atoms with van der Waals surface area (Å²) in [7, 11) is 0. The summed E-state index contributed by atoms with van der Waals surface area (Å²) in [5, 5.41) is 0. The molecule has 3 aromatic rings. The molecule has 0 bridgehead atoms. The standard InChI is InChI=1S/C15H11N3O/c1(5-12-11-16-9-10-17-12)4-8-15-18-13-6-2-3-7-14(13)19-15/h1-11H/b5-1+,8-4+. The molecule has 0 aliphatic rings. The fraction of sp³-hybridized carbons (Fsp3) is 0. The zero-order valence-corrected chi connectivity index (χ0v) is 10.1. The van der Waals surface area contributed by atoms with Crippen molar-refractivity contribution in [3.8, 4) is 0 Å². The van der Waals surface area contributed by atoms with Crippen molar-refractivity contribution in [1.82, 2.24) is 15.0 Å². The first kappa shape index (κ1) is 11.3. The Kier molecular flexibility index (Phi) is 3.14. The fourth-order valence-electron chi connectivity index (χ4n) is 1.65. The molecule has 0 N–H and O–H groups in total. The second kappa shape index (κ2) is 5.27. The van der Waals surface area contributed by atoms with Gasteiger partial charge in [0.2, 0.25) is 5.89 Å². The Balaban J connectivity index is 1.74. The smallest absolute Gasteiger partial charge is 0.219 e. The predicted molar refractivity (Wildman–Crippen MR) is 74.1 cm³/mol. The second-order valence-electron chi connectivity index (χ2n) is 3.87. The molecule has 0 saturated carbocycles. The molecule has 0 spiro atoms. The highest BCUT2D eigenvalue weighted by Gasteiger charge is 1.99. The van der Waals surface area contributed by atoms with Gasteiger partial charge in [0.25, 0.3) is 0 Å². The summed E-state index contributed by atoms with van der Waals surface area (Å²) < 4.78 is 5.56. The fourth-order valence-corrected chi connectivity index (χ4v) is 1.65. The monoisotopic (exact) mass is 249 g/mol. The van der Waals surface area contributed by atoms with Gasteiger partial charge in [0.05, 0.1) is 11.9 Å². The molecular weight excluding hydrogens is 238 g/mol. The van der Waals surface area contributed by atoms with Crippen LogP contribution in [0.25, 0.3) is 23.3 Å². The minimum Gasteiger partial charge on any atom is -0.437 e. The van der Waals surface area contributed by atoms with Crippen molar-refractivity contribution in [3.63, 3.8) is 0 Å². The zero-order valence-electron chi connectivity index (χ0n) is 10.1. The lowest BCUT2D eigenvalue weighted by molar-refractivity contribution is 0.589. The third kappa shape index (κ3) is 2.74. The van der Waals surface area contributed by atoms with Gasteiger partial charge in [0.1, 0.15) is 5.52 Å². The molecule has 0 aliphatic carbocycles. The molecule has 4 heteroatoms. The van der Waals surface area contributed by atoms with Gasteiger partial charge in [-0.25, -0.2) is 4.98 Å². The van der Waals surface area contributed by atoms with E-state index in [1.54, 1.807) is 18.6 Å². The second-order valence-corrected chi connectivity index (χ2v) is 3.87.